The summed E-state index contributed by atoms with van der Waals surface area (Å²) in [6.45, 7) is 5.79. The molecule has 0 aliphatic rings. The van der Waals surface area contributed by atoms with E-state index in [9.17, 15) is 0 Å². The van der Waals surface area contributed by atoms with E-state index >= 15 is 0 Å². The Bertz CT molecular complexity index is 172. The summed E-state index contributed by atoms with van der Waals surface area (Å²) in [6.07, 6.45) is 0. The van der Waals surface area contributed by atoms with Crippen LogP contribution in [0.15, 0.2) is 18.7 Å². The zero-order valence-corrected chi connectivity index (χ0v) is 5.59. The van der Waals surface area contributed by atoms with Gasteiger partial charge in [-0.05, 0) is 24.6 Å². The molecule has 0 fully saturated rings. The van der Waals surface area contributed by atoms with Crippen LogP contribution in [0.5, 0.6) is 0 Å². The van der Waals surface area contributed by atoms with E-state index in [-0.39, 0.29) is 0 Å². The molecule has 0 bridgehead atoms. The fourth-order valence-corrected chi connectivity index (χ4v) is 1.04. The molecular formula is C7H7S. The monoisotopic (exact) mass is 123 g/mol. The topological polar surface area (TPSA) is 0 Å². The Balaban J connectivity index is 2.93. The highest BCUT2D eigenvalue weighted by atomic mass is 32.1. The first kappa shape index (κ1) is 5.57. The molecule has 0 spiro atoms. The minimum atomic E-state index is 1.12. The highest BCUT2D eigenvalue weighted by molar-refractivity contribution is 7.10. The Morgan fingerprint density at radius 1 is 1.88 bits per heavy atom. The number of allylic oxidation sites excluding steroid dienone is 1. The van der Waals surface area contributed by atoms with Crippen LogP contribution in [0, 0.1) is 5.38 Å². The second-order valence-electron chi connectivity index (χ2n) is 1.70. The molecular weight excluding hydrogens is 116 g/mol. The normalized spacial score (nSPS) is 9.12. The van der Waals surface area contributed by atoms with E-state index < -0.39 is 0 Å². The smallest absolute Gasteiger partial charge is 0.0449 e. The minimum Gasteiger partial charge on any atom is -0.135 e. The Kier molecular flexibility index (Phi) is 1.49. The summed E-state index contributed by atoms with van der Waals surface area (Å²) < 4.78 is 0. The third kappa shape index (κ3) is 0.984. The molecule has 0 amide bonds. The van der Waals surface area contributed by atoms with Crippen molar-refractivity contribution in [2.75, 3.05) is 0 Å². The molecule has 1 radical (unpaired) electrons. The van der Waals surface area contributed by atoms with E-state index in [1.807, 2.05) is 19.1 Å². The van der Waals surface area contributed by atoms with Gasteiger partial charge in [-0.2, -0.15) is 0 Å². The lowest BCUT2D eigenvalue weighted by Gasteiger charge is -1.86. The molecule has 1 aromatic heterocycles. The molecule has 0 N–H and O–H groups in total. The van der Waals surface area contributed by atoms with Gasteiger partial charge in [0.2, 0.25) is 0 Å². The van der Waals surface area contributed by atoms with Crippen LogP contribution in [-0.4, -0.2) is 0 Å². The fourth-order valence-electron chi connectivity index (χ4n) is 0.471. The van der Waals surface area contributed by atoms with Crippen molar-refractivity contribution in [3.8, 4) is 0 Å². The van der Waals surface area contributed by atoms with Crippen molar-refractivity contribution in [1.82, 2.24) is 0 Å². The number of thiophene rings is 1. The third-order valence-corrected chi connectivity index (χ3v) is 1.85. The van der Waals surface area contributed by atoms with E-state index in [1.54, 1.807) is 11.3 Å². The lowest BCUT2D eigenvalue weighted by molar-refractivity contribution is 1.75. The predicted molar refractivity (Wildman–Crippen MR) is 37.9 cm³/mol. The van der Waals surface area contributed by atoms with Crippen molar-refractivity contribution in [1.29, 1.82) is 0 Å². The van der Waals surface area contributed by atoms with E-state index in [0.29, 0.717) is 0 Å². The summed E-state index contributed by atoms with van der Waals surface area (Å²) in [5, 5.41) is 2.99. The van der Waals surface area contributed by atoms with Crippen LogP contribution in [0.3, 0.4) is 0 Å². The maximum Gasteiger partial charge on any atom is 0.0449 e. The lowest BCUT2D eigenvalue weighted by atomic mass is 10.3. The van der Waals surface area contributed by atoms with E-state index in [4.69, 9.17) is 0 Å². The highest BCUT2D eigenvalue weighted by Crippen LogP contribution is 2.15. The summed E-state index contributed by atoms with van der Waals surface area (Å²) in [7, 11) is 0. The fraction of sp³-hybridized carbons (Fsp3) is 0.143. The third-order valence-electron chi connectivity index (χ3n) is 0.892. The van der Waals surface area contributed by atoms with Gasteiger partial charge in [0.15, 0.2) is 0 Å². The van der Waals surface area contributed by atoms with Gasteiger partial charge in [-0.3, -0.25) is 0 Å². The minimum absolute atomic E-state index is 1.12. The average molecular weight is 123 g/mol. The van der Waals surface area contributed by atoms with Gasteiger partial charge >= 0.3 is 0 Å². The molecule has 0 nitrogen and oxygen atoms in total. The van der Waals surface area contributed by atoms with Crippen LogP contribution in [-0.2, 0) is 0 Å². The molecule has 0 atom stereocenters. The maximum absolute atomic E-state index is 3.79. The first-order chi connectivity index (χ1) is 3.80. The Labute approximate surface area is 53.5 Å². The van der Waals surface area contributed by atoms with Gasteiger partial charge in [0.05, 0.1) is 0 Å². The number of hydrogen-bond donors (Lipinski definition) is 0. The summed E-state index contributed by atoms with van der Waals surface area (Å²) >= 11 is 1.61. The molecule has 0 aliphatic heterocycles. The molecule has 1 aromatic rings. The largest absolute Gasteiger partial charge is 0.135 e. The van der Waals surface area contributed by atoms with Crippen LogP contribution in [0.4, 0.5) is 0 Å². The molecule has 0 aliphatic carbocycles. The standard InChI is InChI=1S/C7H7S/c1-6(2)7-4-3-5-8-7/h3-4H,1H2,2H3. The van der Waals surface area contributed by atoms with E-state index in [0.717, 1.165) is 5.57 Å². The molecule has 0 saturated carbocycles. The lowest BCUT2D eigenvalue weighted by Crippen LogP contribution is -1.62. The van der Waals surface area contributed by atoms with Crippen LogP contribution in [0.1, 0.15) is 11.8 Å². The molecule has 0 aromatic carbocycles. The Morgan fingerprint density at radius 3 is 2.88 bits per heavy atom. The highest BCUT2D eigenvalue weighted by Gasteiger charge is 1.89. The molecule has 1 rings (SSSR count). The summed E-state index contributed by atoms with van der Waals surface area (Å²) in [5.74, 6) is 0. The molecule has 1 heterocycles. The van der Waals surface area contributed by atoms with Gasteiger partial charge < -0.3 is 0 Å². The first-order valence-electron chi connectivity index (χ1n) is 2.42. The van der Waals surface area contributed by atoms with Crippen molar-refractivity contribution >= 4 is 16.9 Å². The second kappa shape index (κ2) is 2.14. The van der Waals surface area contributed by atoms with Crippen LogP contribution >= 0.6 is 11.3 Å². The maximum atomic E-state index is 3.79. The molecule has 0 saturated heterocycles. The van der Waals surface area contributed by atoms with Crippen molar-refractivity contribution in [2.45, 2.75) is 6.92 Å². The number of rotatable bonds is 1. The zero-order valence-electron chi connectivity index (χ0n) is 4.77. The molecule has 0 unspecified atom stereocenters. The van der Waals surface area contributed by atoms with Crippen molar-refractivity contribution in [2.24, 2.45) is 0 Å². The van der Waals surface area contributed by atoms with Crippen LogP contribution < -0.4 is 0 Å². The molecule has 41 valence electrons. The summed E-state index contributed by atoms with van der Waals surface area (Å²) in [4.78, 5) is 1.23. The van der Waals surface area contributed by atoms with Crippen molar-refractivity contribution in [3.63, 3.8) is 0 Å². The first-order valence-corrected chi connectivity index (χ1v) is 3.24. The van der Waals surface area contributed by atoms with Crippen LogP contribution in [0.2, 0.25) is 0 Å². The Morgan fingerprint density at radius 2 is 2.62 bits per heavy atom. The predicted octanol–water partition coefficient (Wildman–Crippen LogP) is 2.58. The molecule has 1 heteroatoms. The quantitative estimate of drug-likeness (QED) is 0.538. The van der Waals surface area contributed by atoms with Gasteiger partial charge in [-0.15, -0.1) is 11.3 Å². The van der Waals surface area contributed by atoms with Crippen molar-refractivity contribution < 1.29 is 0 Å². The second-order valence-corrected chi connectivity index (χ2v) is 2.58. The van der Waals surface area contributed by atoms with Gasteiger partial charge in [-0.1, -0.05) is 6.58 Å². The van der Waals surface area contributed by atoms with E-state index in [1.165, 1.54) is 4.88 Å². The average Bonchev–Trinajstić information content (AvgIpc) is 2.12. The molecule has 8 heavy (non-hydrogen) atoms. The zero-order chi connectivity index (χ0) is 5.98. The summed E-state index contributed by atoms with van der Waals surface area (Å²) in [5.41, 5.74) is 1.12. The Hall–Kier alpha value is -0.560. The van der Waals surface area contributed by atoms with Gasteiger partial charge in [0, 0.05) is 10.3 Å². The van der Waals surface area contributed by atoms with E-state index in [2.05, 4.69) is 12.0 Å². The van der Waals surface area contributed by atoms with Gasteiger partial charge in [0.25, 0.3) is 0 Å². The number of hydrogen-bond acceptors (Lipinski definition) is 1. The SMILES string of the molecule is C=C(C)c1cc[c]s1. The van der Waals surface area contributed by atoms with Crippen LogP contribution in [0.25, 0.3) is 5.57 Å². The van der Waals surface area contributed by atoms with Crippen molar-refractivity contribution in [3.05, 3.63) is 29.0 Å². The van der Waals surface area contributed by atoms with Gasteiger partial charge in [0.1, 0.15) is 0 Å². The summed E-state index contributed by atoms with van der Waals surface area (Å²) in [6, 6.07) is 3.93. The van der Waals surface area contributed by atoms with Gasteiger partial charge in [-0.25, -0.2) is 0 Å².